The van der Waals surface area contributed by atoms with E-state index in [0.717, 1.165) is 11.3 Å². The van der Waals surface area contributed by atoms with Crippen molar-refractivity contribution >= 4 is 16.7 Å². The molecule has 1 aromatic heterocycles. The van der Waals surface area contributed by atoms with E-state index >= 15 is 0 Å². The zero-order valence-corrected chi connectivity index (χ0v) is 11.2. The van der Waals surface area contributed by atoms with Crippen LogP contribution in [0.3, 0.4) is 0 Å². The van der Waals surface area contributed by atoms with Crippen molar-refractivity contribution in [2.24, 2.45) is 0 Å². The van der Waals surface area contributed by atoms with Crippen LogP contribution in [0.2, 0.25) is 0 Å². The minimum Gasteiger partial charge on any atom is -0.462 e. The number of hydrogen-bond donors (Lipinski definition) is 1. The van der Waals surface area contributed by atoms with Gasteiger partial charge < -0.3 is 9.72 Å². The monoisotopic (exact) mass is 265 g/mol. The number of benzene rings is 2. The van der Waals surface area contributed by atoms with E-state index in [1.807, 2.05) is 24.3 Å². The predicted molar refractivity (Wildman–Crippen MR) is 79.7 cm³/mol. The van der Waals surface area contributed by atoms with Crippen LogP contribution >= 0.6 is 0 Å². The number of hydrogen-bond acceptors (Lipinski definition) is 2. The molecule has 0 fully saturated rings. The van der Waals surface area contributed by atoms with E-state index in [9.17, 15) is 4.79 Å². The van der Waals surface area contributed by atoms with Crippen molar-refractivity contribution in [2.45, 2.75) is 6.92 Å². The second kappa shape index (κ2) is 5.21. The van der Waals surface area contributed by atoms with Crippen LogP contribution in [-0.4, -0.2) is 17.6 Å². The minimum absolute atomic E-state index is 0.296. The van der Waals surface area contributed by atoms with Crippen LogP contribution in [-0.2, 0) is 4.74 Å². The molecule has 0 spiro atoms. The van der Waals surface area contributed by atoms with Crippen molar-refractivity contribution in [1.29, 1.82) is 0 Å². The molecule has 0 aliphatic rings. The molecule has 100 valence electrons. The Bertz CT molecular complexity index is 758. The molecule has 0 aliphatic heterocycles. The Morgan fingerprint density at radius 1 is 1.10 bits per heavy atom. The van der Waals surface area contributed by atoms with Crippen LogP contribution < -0.4 is 0 Å². The molecule has 0 radical (unpaired) electrons. The van der Waals surface area contributed by atoms with E-state index in [2.05, 4.69) is 29.2 Å². The van der Waals surface area contributed by atoms with Crippen molar-refractivity contribution in [2.75, 3.05) is 6.61 Å². The number of esters is 1. The van der Waals surface area contributed by atoms with Gasteiger partial charge in [-0.1, -0.05) is 36.4 Å². The van der Waals surface area contributed by atoms with Gasteiger partial charge in [0.05, 0.1) is 12.2 Å². The average molecular weight is 265 g/mol. The van der Waals surface area contributed by atoms with Gasteiger partial charge in [0.1, 0.15) is 0 Å². The first-order chi connectivity index (χ1) is 9.78. The molecule has 20 heavy (non-hydrogen) atoms. The highest BCUT2D eigenvalue weighted by Gasteiger charge is 2.10. The maximum atomic E-state index is 11.7. The first kappa shape index (κ1) is 12.5. The van der Waals surface area contributed by atoms with Gasteiger partial charge in [-0.15, -0.1) is 0 Å². The molecular formula is C17H15NO2. The molecule has 0 bridgehead atoms. The zero-order chi connectivity index (χ0) is 13.9. The van der Waals surface area contributed by atoms with E-state index in [1.54, 1.807) is 13.1 Å². The van der Waals surface area contributed by atoms with Gasteiger partial charge in [-0.25, -0.2) is 4.79 Å². The van der Waals surface area contributed by atoms with Gasteiger partial charge in [0, 0.05) is 11.9 Å². The number of ether oxygens (including phenoxy) is 1. The van der Waals surface area contributed by atoms with Crippen molar-refractivity contribution in [3.8, 4) is 11.3 Å². The van der Waals surface area contributed by atoms with E-state index in [0.29, 0.717) is 12.2 Å². The van der Waals surface area contributed by atoms with Gasteiger partial charge in [0.25, 0.3) is 0 Å². The van der Waals surface area contributed by atoms with Gasteiger partial charge in [0.15, 0.2) is 0 Å². The second-order valence-corrected chi connectivity index (χ2v) is 4.58. The summed E-state index contributed by atoms with van der Waals surface area (Å²) in [4.78, 5) is 14.8. The largest absolute Gasteiger partial charge is 0.462 e. The molecule has 1 N–H and O–H groups in total. The first-order valence-corrected chi connectivity index (χ1v) is 6.62. The van der Waals surface area contributed by atoms with Gasteiger partial charge in [-0.2, -0.15) is 0 Å². The van der Waals surface area contributed by atoms with Gasteiger partial charge in [-0.05, 0) is 35.4 Å². The first-order valence-electron chi connectivity index (χ1n) is 6.62. The van der Waals surface area contributed by atoms with Crippen LogP contribution in [0, 0.1) is 0 Å². The fourth-order valence-corrected chi connectivity index (χ4v) is 2.25. The minimum atomic E-state index is -0.296. The predicted octanol–water partition coefficient (Wildman–Crippen LogP) is 4.01. The highest BCUT2D eigenvalue weighted by atomic mass is 16.5. The molecule has 0 saturated carbocycles. The van der Waals surface area contributed by atoms with Crippen LogP contribution in [0.25, 0.3) is 22.0 Å². The van der Waals surface area contributed by atoms with E-state index in [-0.39, 0.29) is 5.97 Å². The highest BCUT2D eigenvalue weighted by Crippen LogP contribution is 2.24. The maximum absolute atomic E-state index is 11.7. The Labute approximate surface area is 117 Å². The summed E-state index contributed by atoms with van der Waals surface area (Å²) >= 11 is 0. The standard InChI is InChI=1S/C17H15NO2/c1-2-20-17(19)15-10-16(18-11-15)14-8-7-12-5-3-4-6-13(12)9-14/h3-11,18H,2H2,1H3. The van der Waals surface area contributed by atoms with Crippen LogP contribution in [0.5, 0.6) is 0 Å². The van der Waals surface area contributed by atoms with Crippen LogP contribution in [0.15, 0.2) is 54.7 Å². The van der Waals surface area contributed by atoms with Gasteiger partial charge >= 0.3 is 5.97 Å². The lowest BCUT2D eigenvalue weighted by Crippen LogP contribution is -2.02. The van der Waals surface area contributed by atoms with Crippen molar-refractivity contribution in [3.05, 3.63) is 60.3 Å². The quantitative estimate of drug-likeness (QED) is 0.727. The summed E-state index contributed by atoms with van der Waals surface area (Å²) in [5, 5.41) is 2.38. The summed E-state index contributed by atoms with van der Waals surface area (Å²) in [6, 6.07) is 16.3. The van der Waals surface area contributed by atoms with Crippen molar-refractivity contribution < 1.29 is 9.53 Å². The Balaban J connectivity index is 1.96. The molecule has 0 saturated heterocycles. The van der Waals surface area contributed by atoms with E-state index < -0.39 is 0 Å². The van der Waals surface area contributed by atoms with Gasteiger partial charge in [0.2, 0.25) is 0 Å². The second-order valence-electron chi connectivity index (χ2n) is 4.58. The van der Waals surface area contributed by atoms with Crippen molar-refractivity contribution in [3.63, 3.8) is 0 Å². The summed E-state index contributed by atoms with van der Waals surface area (Å²) in [5.74, 6) is -0.296. The molecular weight excluding hydrogens is 250 g/mol. The highest BCUT2D eigenvalue weighted by molar-refractivity contribution is 5.92. The Kier molecular flexibility index (Phi) is 3.25. The molecule has 3 heteroatoms. The number of carbonyl (C=O) groups is 1. The Morgan fingerprint density at radius 2 is 1.90 bits per heavy atom. The number of fused-ring (bicyclic) bond motifs is 1. The summed E-state index contributed by atoms with van der Waals surface area (Å²) < 4.78 is 4.99. The molecule has 0 aliphatic carbocycles. The lowest BCUT2D eigenvalue weighted by molar-refractivity contribution is 0.0526. The summed E-state index contributed by atoms with van der Waals surface area (Å²) in [5.41, 5.74) is 2.52. The lowest BCUT2D eigenvalue weighted by Gasteiger charge is -2.01. The molecule has 3 nitrogen and oxygen atoms in total. The number of rotatable bonds is 3. The SMILES string of the molecule is CCOC(=O)c1c[nH]c(-c2ccc3ccccc3c2)c1. The number of nitrogens with one attached hydrogen (secondary N) is 1. The molecule has 3 rings (SSSR count). The third-order valence-electron chi connectivity index (χ3n) is 3.25. The summed E-state index contributed by atoms with van der Waals surface area (Å²) in [6.07, 6.45) is 1.68. The van der Waals surface area contributed by atoms with E-state index in [1.165, 1.54) is 10.8 Å². The van der Waals surface area contributed by atoms with Crippen LogP contribution in [0.4, 0.5) is 0 Å². The van der Waals surface area contributed by atoms with Crippen LogP contribution in [0.1, 0.15) is 17.3 Å². The topological polar surface area (TPSA) is 42.1 Å². The summed E-state index contributed by atoms with van der Waals surface area (Å²) in [7, 11) is 0. The number of aromatic amines is 1. The number of H-pyrrole nitrogens is 1. The Morgan fingerprint density at radius 3 is 2.70 bits per heavy atom. The third kappa shape index (κ3) is 2.30. The molecule has 0 atom stereocenters. The third-order valence-corrected chi connectivity index (χ3v) is 3.25. The molecule has 3 aromatic rings. The Hall–Kier alpha value is -2.55. The molecule has 0 amide bonds. The fraction of sp³-hybridized carbons (Fsp3) is 0.118. The number of carbonyl (C=O) groups excluding carboxylic acids is 1. The summed E-state index contributed by atoms with van der Waals surface area (Å²) in [6.45, 7) is 2.18. The van der Waals surface area contributed by atoms with Gasteiger partial charge in [-0.3, -0.25) is 0 Å². The molecule has 1 heterocycles. The van der Waals surface area contributed by atoms with Crippen molar-refractivity contribution in [1.82, 2.24) is 4.98 Å². The zero-order valence-electron chi connectivity index (χ0n) is 11.2. The normalized spacial score (nSPS) is 10.7. The fourth-order valence-electron chi connectivity index (χ4n) is 2.25. The average Bonchev–Trinajstić information content (AvgIpc) is 2.97. The van der Waals surface area contributed by atoms with E-state index in [4.69, 9.17) is 4.74 Å². The molecule has 2 aromatic carbocycles. The lowest BCUT2D eigenvalue weighted by atomic mass is 10.1. The molecule has 0 unspecified atom stereocenters. The number of aromatic nitrogens is 1. The smallest absolute Gasteiger partial charge is 0.339 e. The maximum Gasteiger partial charge on any atom is 0.339 e.